The minimum atomic E-state index is -2.18. The van der Waals surface area contributed by atoms with E-state index in [1.165, 1.54) is 20.3 Å². The molecule has 1 rings (SSSR count). The molecule has 0 spiro atoms. The summed E-state index contributed by atoms with van der Waals surface area (Å²) in [5, 5.41) is 0. The average Bonchev–Trinajstić information content (AvgIpc) is 2.76. The zero-order valence-corrected chi connectivity index (χ0v) is 17.7. The number of esters is 2. The molecule has 0 bridgehead atoms. The fourth-order valence-electron chi connectivity index (χ4n) is 2.20. The van der Waals surface area contributed by atoms with Crippen molar-refractivity contribution in [3.05, 3.63) is 42.0 Å². The summed E-state index contributed by atoms with van der Waals surface area (Å²) in [4.78, 5) is 24.8. The van der Waals surface area contributed by atoms with E-state index in [1.54, 1.807) is 13.8 Å². The van der Waals surface area contributed by atoms with Crippen LogP contribution in [0.3, 0.4) is 0 Å². The molecule has 0 N–H and O–H groups in total. The molecule has 0 aromatic heterocycles. The van der Waals surface area contributed by atoms with Crippen molar-refractivity contribution in [2.75, 3.05) is 40.8 Å². The van der Waals surface area contributed by atoms with E-state index in [2.05, 4.69) is 23.7 Å². The number of carbonyl (C=O) groups excluding carboxylic acids is 2. The maximum absolute atomic E-state index is 12.4. The number of hydrogen-bond donors (Lipinski definition) is 0. The van der Waals surface area contributed by atoms with E-state index in [0.29, 0.717) is 5.57 Å². The van der Waals surface area contributed by atoms with Crippen molar-refractivity contribution in [1.29, 1.82) is 0 Å². The summed E-state index contributed by atoms with van der Waals surface area (Å²) in [6, 6.07) is 9.31. The Morgan fingerprint density at radius 2 is 1.67 bits per heavy atom. The van der Waals surface area contributed by atoms with Crippen LogP contribution in [0.4, 0.5) is 0 Å². The molecule has 30 heavy (non-hydrogen) atoms. The van der Waals surface area contributed by atoms with Crippen molar-refractivity contribution in [2.24, 2.45) is 0 Å². The van der Waals surface area contributed by atoms with E-state index >= 15 is 0 Å². The number of methoxy groups -OCH3 is 2. The minimum Gasteiger partial charge on any atom is -0.463 e. The Balaban J connectivity index is 3.31. The Labute approximate surface area is 177 Å². The average molecular weight is 414 g/mol. The van der Waals surface area contributed by atoms with Crippen LogP contribution in [0.15, 0.2) is 36.4 Å². The first-order valence-corrected chi connectivity index (χ1v) is 9.29. The summed E-state index contributed by atoms with van der Waals surface area (Å²) >= 11 is 0. The van der Waals surface area contributed by atoms with Gasteiger partial charge in [-0.25, -0.2) is 9.59 Å². The van der Waals surface area contributed by atoms with E-state index < -0.39 is 17.5 Å². The van der Waals surface area contributed by atoms with Gasteiger partial charge in [-0.05, 0) is 25.3 Å². The van der Waals surface area contributed by atoms with Gasteiger partial charge < -0.3 is 23.7 Å². The molecule has 0 aliphatic rings. The lowest BCUT2D eigenvalue weighted by Gasteiger charge is -2.22. The summed E-state index contributed by atoms with van der Waals surface area (Å²) < 4.78 is 25.1. The molecular weight excluding hydrogens is 388 g/mol. The van der Waals surface area contributed by atoms with Gasteiger partial charge in [0.25, 0.3) is 0 Å². The largest absolute Gasteiger partial charge is 0.463 e. The summed E-state index contributed by atoms with van der Waals surface area (Å²) in [5.41, 5.74) is -0.803. The topological polar surface area (TPSA) is 80.3 Å². The van der Waals surface area contributed by atoms with E-state index in [-0.39, 0.29) is 26.6 Å². The van der Waals surface area contributed by atoms with Gasteiger partial charge in [0.05, 0.1) is 13.2 Å². The summed E-state index contributed by atoms with van der Waals surface area (Å²) in [5.74, 6) is 9.20. The van der Waals surface area contributed by atoms with Crippen molar-refractivity contribution in [3.8, 4) is 23.7 Å². The Morgan fingerprint density at radius 1 is 1.03 bits per heavy atom. The van der Waals surface area contributed by atoms with Gasteiger partial charge in [0, 0.05) is 25.9 Å². The zero-order chi connectivity index (χ0) is 22.2. The van der Waals surface area contributed by atoms with Crippen molar-refractivity contribution in [1.82, 2.24) is 0 Å². The van der Waals surface area contributed by atoms with Gasteiger partial charge in [-0.1, -0.05) is 48.1 Å². The number of hydrogen-bond acceptors (Lipinski definition) is 7. The van der Waals surface area contributed by atoms with Crippen LogP contribution < -0.4 is 0 Å². The van der Waals surface area contributed by atoms with Crippen LogP contribution in [-0.2, 0) is 33.3 Å². The van der Waals surface area contributed by atoms with Crippen LogP contribution >= 0.6 is 0 Å². The summed E-state index contributed by atoms with van der Waals surface area (Å²) in [7, 11) is 2.71. The predicted octanol–water partition coefficient (Wildman–Crippen LogP) is 2.21. The molecule has 0 radical (unpaired) electrons. The Hall–Kier alpha value is -3.10. The van der Waals surface area contributed by atoms with E-state index in [9.17, 15) is 9.59 Å². The highest BCUT2D eigenvalue weighted by molar-refractivity contribution is 6.07. The van der Waals surface area contributed by atoms with Crippen molar-refractivity contribution in [3.63, 3.8) is 0 Å². The number of ether oxygens (including phenoxy) is 5. The first-order valence-electron chi connectivity index (χ1n) is 9.29. The maximum atomic E-state index is 12.4. The monoisotopic (exact) mass is 414 g/mol. The maximum Gasteiger partial charge on any atom is 0.363 e. The second kappa shape index (κ2) is 14.0. The fourth-order valence-corrected chi connectivity index (χ4v) is 2.20. The zero-order valence-electron chi connectivity index (χ0n) is 17.7. The lowest BCUT2D eigenvalue weighted by atomic mass is 10.0. The molecule has 1 aromatic rings. The third-order valence-electron chi connectivity index (χ3n) is 3.58. The smallest absolute Gasteiger partial charge is 0.363 e. The van der Waals surface area contributed by atoms with Crippen LogP contribution in [-0.4, -0.2) is 58.4 Å². The van der Waals surface area contributed by atoms with Crippen LogP contribution in [0.1, 0.15) is 19.4 Å². The molecule has 7 nitrogen and oxygen atoms in total. The normalized spacial score (nSPS) is 10.9. The molecule has 0 aliphatic carbocycles. The first-order chi connectivity index (χ1) is 14.6. The lowest BCUT2D eigenvalue weighted by molar-refractivity contribution is -0.179. The SMILES string of the molecule is CCOC(=O)C(C#C/C=C(/C#CCOCOC)c1ccccc1)(OC)C(=O)OCC. The van der Waals surface area contributed by atoms with Gasteiger partial charge in [0.15, 0.2) is 0 Å². The molecule has 160 valence electrons. The standard InChI is InChI=1S/C23H26O7/c1-5-29-21(24)23(27-4,22(25)30-6-2)16-10-14-20(15-11-17-28-18-26-3)19-12-8-7-9-13-19/h7-9,12-14H,5-6,17-18H2,1-4H3/b20-14-. The molecule has 0 saturated carbocycles. The molecule has 0 aliphatic heterocycles. The van der Waals surface area contributed by atoms with Crippen molar-refractivity contribution in [2.45, 2.75) is 19.4 Å². The van der Waals surface area contributed by atoms with Gasteiger partial charge in [0.1, 0.15) is 13.4 Å². The van der Waals surface area contributed by atoms with Gasteiger partial charge in [-0.2, -0.15) is 0 Å². The number of rotatable bonds is 9. The Kier molecular flexibility index (Phi) is 11.6. The van der Waals surface area contributed by atoms with E-state index in [4.69, 9.17) is 23.7 Å². The Bertz CT molecular complexity index is 817. The second-order valence-electron chi connectivity index (χ2n) is 5.58. The highest BCUT2D eigenvalue weighted by Gasteiger charge is 2.48. The fraction of sp³-hybridized carbons (Fsp3) is 0.391. The molecule has 0 atom stereocenters. The molecule has 0 saturated heterocycles. The van der Waals surface area contributed by atoms with E-state index in [1.807, 2.05) is 30.3 Å². The number of carbonyl (C=O) groups is 2. The first kappa shape index (κ1) is 24.9. The Morgan fingerprint density at radius 3 is 2.20 bits per heavy atom. The quantitative estimate of drug-likeness (QED) is 0.201. The molecular formula is C23H26O7. The van der Waals surface area contributed by atoms with Crippen molar-refractivity contribution >= 4 is 17.5 Å². The van der Waals surface area contributed by atoms with Gasteiger partial charge in [0.2, 0.25) is 0 Å². The third kappa shape index (κ3) is 7.38. The molecule has 0 heterocycles. The van der Waals surface area contributed by atoms with Crippen LogP contribution in [0, 0.1) is 23.7 Å². The van der Waals surface area contributed by atoms with Crippen LogP contribution in [0.5, 0.6) is 0 Å². The van der Waals surface area contributed by atoms with Crippen LogP contribution in [0.2, 0.25) is 0 Å². The predicted molar refractivity (Wildman–Crippen MR) is 111 cm³/mol. The van der Waals surface area contributed by atoms with Gasteiger partial charge in [-0.15, -0.1) is 0 Å². The third-order valence-corrected chi connectivity index (χ3v) is 3.58. The molecule has 0 amide bonds. The number of allylic oxidation sites excluding steroid dienone is 2. The highest BCUT2D eigenvalue weighted by atomic mass is 16.7. The van der Waals surface area contributed by atoms with E-state index in [0.717, 1.165) is 5.56 Å². The summed E-state index contributed by atoms with van der Waals surface area (Å²) in [6.07, 6.45) is 1.49. The minimum absolute atomic E-state index is 0.0586. The lowest BCUT2D eigenvalue weighted by Crippen LogP contribution is -2.49. The summed E-state index contributed by atoms with van der Waals surface area (Å²) in [6.45, 7) is 3.65. The van der Waals surface area contributed by atoms with Crippen LogP contribution in [0.25, 0.3) is 5.57 Å². The molecule has 0 unspecified atom stereocenters. The van der Waals surface area contributed by atoms with Crippen molar-refractivity contribution < 1.29 is 33.3 Å². The van der Waals surface area contributed by atoms with Gasteiger partial charge >= 0.3 is 17.5 Å². The highest BCUT2D eigenvalue weighted by Crippen LogP contribution is 2.16. The second-order valence-corrected chi connectivity index (χ2v) is 5.58. The van der Waals surface area contributed by atoms with Gasteiger partial charge in [-0.3, -0.25) is 0 Å². The number of benzene rings is 1. The molecule has 1 aromatic carbocycles. The molecule has 7 heteroatoms. The molecule has 0 fully saturated rings.